The molecule has 0 aliphatic heterocycles. The van der Waals surface area contributed by atoms with Crippen molar-refractivity contribution in [2.45, 2.75) is 50.2 Å². The molecule has 1 fully saturated rings. The molecule has 0 radical (unpaired) electrons. The second-order valence-corrected chi connectivity index (χ2v) is 3.96. The SMILES string of the molecule is C=CCCC(O)CC1(OC)CCC1. The van der Waals surface area contributed by atoms with E-state index in [0.29, 0.717) is 0 Å². The predicted molar refractivity (Wildman–Crippen MR) is 53.6 cm³/mol. The van der Waals surface area contributed by atoms with Crippen molar-refractivity contribution in [3.05, 3.63) is 12.7 Å². The lowest BCUT2D eigenvalue weighted by Gasteiger charge is -2.41. The van der Waals surface area contributed by atoms with Crippen LogP contribution in [0.15, 0.2) is 12.7 Å². The third kappa shape index (κ3) is 2.82. The Morgan fingerprint density at radius 3 is 2.69 bits per heavy atom. The lowest BCUT2D eigenvalue weighted by Crippen LogP contribution is -2.42. The first kappa shape index (κ1) is 10.7. The largest absolute Gasteiger partial charge is 0.393 e. The number of aliphatic hydroxyl groups is 1. The van der Waals surface area contributed by atoms with E-state index in [-0.39, 0.29) is 11.7 Å². The van der Waals surface area contributed by atoms with Crippen molar-refractivity contribution in [3.63, 3.8) is 0 Å². The average Bonchev–Trinajstić information content (AvgIpc) is 2.08. The molecule has 76 valence electrons. The molecule has 0 aromatic rings. The van der Waals surface area contributed by atoms with Crippen LogP contribution >= 0.6 is 0 Å². The summed E-state index contributed by atoms with van der Waals surface area (Å²) in [6.07, 6.45) is 7.57. The van der Waals surface area contributed by atoms with Crippen LogP contribution in [-0.4, -0.2) is 23.9 Å². The number of ether oxygens (including phenoxy) is 1. The minimum Gasteiger partial charge on any atom is -0.393 e. The highest BCUT2D eigenvalue weighted by molar-refractivity contribution is 4.91. The molecular weight excluding hydrogens is 164 g/mol. The van der Waals surface area contributed by atoms with Gasteiger partial charge in [0.15, 0.2) is 0 Å². The van der Waals surface area contributed by atoms with Crippen LogP contribution in [0.4, 0.5) is 0 Å². The van der Waals surface area contributed by atoms with Crippen LogP contribution in [0.25, 0.3) is 0 Å². The molecule has 2 heteroatoms. The Morgan fingerprint density at radius 2 is 2.31 bits per heavy atom. The van der Waals surface area contributed by atoms with E-state index < -0.39 is 0 Å². The molecule has 1 N–H and O–H groups in total. The van der Waals surface area contributed by atoms with Gasteiger partial charge in [-0.25, -0.2) is 0 Å². The van der Waals surface area contributed by atoms with E-state index in [4.69, 9.17) is 4.74 Å². The summed E-state index contributed by atoms with van der Waals surface area (Å²) in [5.74, 6) is 0. The average molecular weight is 184 g/mol. The van der Waals surface area contributed by atoms with Crippen molar-refractivity contribution in [2.75, 3.05) is 7.11 Å². The van der Waals surface area contributed by atoms with Gasteiger partial charge in [0.25, 0.3) is 0 Å². The normalized spacial score (nSPS) is 22.0. The lowest BCUT2D eigenvalue weighted by molar-refractivity contribution is -0.0998. The van der Waals surface area contributed by atoms with E-state index >= 15 is 0 Å². The highest BCUT2D eigenvalue weighted by Crippen LogP contribution is 2.39. The summed E-state index contributed by atoms with van der Waals surface area (Å²) in [6, 6.07) is 0. The molecule has 2 nitrogen and oxygen atoms in total. The molecule has 13 heavy (non-hydrogen) atoms. The Hall–Kier alpha value is -0.340. The maximum atomic E-state index is 9.68. The first-order chi connectivity index (χ1) is 6.22. The quantitative estimate of drug-likeness (QED) is 0.642. The van der Waals surface area contributed by atoms with E-state index in [1.54, 1.807) is 7.11 Å². The standard InChI is InChI=1S/C11H20O2/c1-3-4-6-10(12)9-11(13-2)7-5-8-11/h3,10,12H,1,4-9H2,2H3. The van der Waals surface area contributed by atoms with Gasteiger partial charge in [0.2, 0.25) is 0 Å². The van der Waals surface area contributed by atoms with Crippen molar-refractivity contribution in [1.29, 1.82) is 0 Å². The fourth-order valence-corrected chi connectivity index (χ4v) is 1.90. The van der Waals surface area contributed by atoms with E-state index in [0.717, 1.165) is 32.1 Å². The van der Waals surface area contributed by atoms with Crippen molar-refractivity contribution in [3.8, 4) is 0 Å². The summed E-state index contributed by atoms with van der Waals surface area (Å²) in [5, 5.41) is 9.68. The van der Waals surface area contributed by atoms with Gasteiger partial charge in [-0.05, 0) is 32.1 Å². The summed E-state index contributed by atoms with van der Waals surface area (Å²) in [7, 11) is 1.75. The molecule has 1 atom stereocenters. The van der Waals surface area contributed by atoms with Crippen LogP contribution in [0, 0.1) is 0 Å². The number of rotatable bonds is 6. The van der Waals surface area contributed by atoms with Gasteiger partial charge >= 0.3 is 0 Å². The number of hydrogen-bond donors (Lipinski definition) is 1. The zero-order chi connectivity index (χ0) is 9.73. The molecule has 0 aromatic heterocycles. The minimum atomic E-state index is -0.224. The van der Waals surface area contributed by atoms with Crippen LogP contribution in [0.1, 0.15) is 38.5 Å². The fourth-order valence-electron chi connectivity index (χ4n) is 1.90. The van der Waals surface area contributed by atoms with Gasteiger partial charge in [-0.2, -0.15) is 0 Å². The maximum absolute atomic E-state index is 9.68. The fraction of sp³-hybridized carbons (Fsp3) is 0.818. The molecule has 1 aliphatic rings. The van der Waals surface area contributed by atoms with E-state index in [2.05, 4.69) is 6.58 Å². The molecule has 0 amide bonds. The van der Waals surface area contributed by atoms with Crippen LogP contribution in [0.2, 0.25) is 0 Å². The molecule has 0 heterocycles. The zero-order valence-corrected chi connectivity index (χ0v) is 8.46. The number of hydrogen-bond acceptors (Lipinski definition) is 2. The Kier molecular flexibility index (Phi) is 3.94. The molecule has 1 unspecified atom stereocenters. The molecule has 0 spiro atoms. The van der Waals surface area contributed by atoms with Crippen LogP contribution in [-0.2, 0) is 4.74 Å². The van der Waals surface area contributed by atoms with Gasteiger partial charge in [-0.15, -0.1) is 6.58 Å². The van der Waals surface area contributed by atoms with Gasteiger partial charge in [-0.3, -0.25) is 0 Å². The lowest BCUT2D eigenvalue weighted by atomic mass is 9.75. The van der Waals surface area contributed by atoms with Crippen LogP contribution in [0.3, 0.4) is 0 Å². The number of methoxy groups -OCH3 is 1. The van der Waals surface area contributed by atoms with Crippen molar-refractivity contribution < 1.29 is 9.84 Å². The summed E-state index contributed by atoms with van der Waals surface area (Å²) in [5.41, 5.74) is 0.000582. The monoisotopic (exact) mass is 184 g/mol. The molecule has 1 rings (SSSR count). The van der Waals surface area contributed by atoms with Gasteiger partial charge in [-0.1, -0.05) is 6.08 Å². The molecule has 1 saturated carbocycles. The first-order valence-electron chi connectivity index (χ1n) is 5.06. The van der Waals surface area contributed by atoms with Crippen molar-refractivity contribution in [2.24, 2.45) is 0 Å². The maximum Gasteiger partial charge on any atom is 0.0703 e. The second-order valence-electron chi connectivity index (χ2n) is 3.96. The summed E-state index contributed by atoms with van der Waals surface area (Å²) in [6.45, 7) is 3.64. The molecular formula is C11H20O2. The summed E-state index contributed by atoms with van der Waals surface area (Å²) >= 11 is 0. The smallest absolute Gasteiger partial charge is 0.0703 e. The van der Waals surface area contributed by atoms with Crippen LogP contribution < -0.4 is 0 Å². The number of aliphatic hydroxyl groups excluding tert-OH is 1. The molecule has 0 bridgehead atoms. The molecule has 1 aliphatic carbocycles. The van der Waals surface area contributed by atoms with E-state index in [1.165, 1.54) is 6.42 Å². The van der Waals surface area contributed by atoms with Gasteiger partial charge < -0.3 is 9.84 Å². The number of allylic oxidation sites excluding steroid dienone is 1. The predicted octanol–water partition coefficient (Wildman–Crippen LogP) is 2.27. The zero-order valence-electron chi connectivity index (χ0n) is 8.46. The third-order valence-electron chi connectivity index (χ3n) is 3.01. The van der Waals surface area contributed by atoms with Gasteiger partial charge in [0, 0.05) is 13.5 Å². The third-order valence-corrected chi connectivity index (χ3v) is 3.01. The molecule has 0 saturated heterocycles. The van der Waals surface area contributed by atoms with Crippen molar-refractivity contribution >= 4 is 0 Å². The molecule has 0 aromatic carbocycles. The topological polar surface area (TPSA) is 29.5 Å². The van der Waals surface area contributed by atoms with Crippen molar-refractivity contribution in [1.82, 2.24) is 0 Å². The van der Waals surface area contributed by atoms with Gasteiger partial charge in [0.05, 0.1) is 11.7 Å². The summed E-state index contributed by atoms with van der Waals surface area (Å²) < 4.78 is 5.44. The van der Waals surface area contributed by atoms with E-state index in [9.17, 15) is 5.11 Å². The van der Waals surface area contributed by atoms with Gasteiger partial charge in [0.1, 0.15) is 0 Å². The highest BCUT2D eigenvalue weighted by atomic mass is 16.5. The Bertz CT molecular complexity index is 156. The second kappa shape index (κ2) is 4.77. The first-order valence-corrected chi connectivity index (χ1v) is 5.06. The Labute approximate surface area is 80.6 Å². The van der Waals surface area contributed by atoms with Crippen LogP contribution in [0.5, 0.6) is 0 Å². The Balaban J connectivity index is 2.24. The summed E-state index contributed by atoms with van der Waals surface area (Å²) in [4.78, 5) is 0. The Morgan fingerprint density at radius 1 is 1.62 bits per heavy atom. The highest BCUT2D eigenvalue weighted by Gasteiger charge is 2.38. The minimum absolute atomic E-state index is 0.000582. The van der Waals surface area contributed by atoms with E-state index in [1.807, 2.05) is 6.08 Å².